The van der Waals surface area contributed by atoms with Crippen molar-refractivity contribution in [2.75, 3.05) is 13.2 Å². The van der Waals surface area contributed by atoms with Crippen LogP contribution in [0, 0.1) is 11.3 Å². The number of esters is 8. The topological polar surface area (TPSA) is 253 Å². The molecule has 1 aromatic heterocycles. The van der Waals surface area contributed by atoms with Crippen LogP contribution in [0.5, 0.6) is 0 Å². The second-order valence-electron chi connectivity index (χ2n) is 16.6. The summed E-state index contributed by atoms with van der Waals surface area (Å²) in [7, 11) is 0. The first-order valence-corrected chi connectivity index (χ1v) is 20.5. The van der Waals surface area contributed by atoms with E-state index in [0.717, 1.165) is 41.5 Å². The van der Waals surface area contributed by atoms with E-state index in [9.17, 15) is 43.5 Å². The standard InChI is InChI=1S/C44H51NO18/c1-9-27-17-18-30(51)61-36-34(58-24(4)48)38(62-39(52)28-14-11-10-12-15-28)43(21-55-22(2)46)37(60-26(6)50)33(57-23(3)47)31-35(59-25(5)49)44(43,42(36,8)54)63-41(31,7)20-56-40(53)29-16-13-19-45-32(27)29/h10-16,19,27,31,33-38,54H,9,17-18,20-21H2,1-8H3/t27?,31-,33-,34+,35-,36+,37-,38+,41+,42+,43-,44+/m1/s1. The third kappa shape index (κ3) is 8.11. The molecule has 4 aliphatic rings. The molecule has 2 aliphatic heterocycles. The van der Waals surface area contributed by atoms with Crippen LogP contribution in [0.1, 0.15) is 107 Å². The lowest BCUT2D eigenvalue weighted by Gasteiger charge is -2.67. The average Bonchev–Trinajstić information content (AvgIpc) is 3.43. The maximum Gasteiger partial charge on any atom is 0.340 e. The lowest BCUT2D eigenvalue weighted by Crippen LogP contribution is -2.89. The molecule has 6 rings (SSSR count). The number of aliphatic hydroxyl groups is 1. The number of cyclic esters (lactones) is 1. The predicted molar refractivity (Wildman–Crippen MR) is 210 cm³/mol. The van der Waals surface area contributed by atoms with Crippen LogP contribution in [0.15, 0.2) is 48.7 Å². The molecule has 2 saturated carbocycles. The number of aromatic nitrogens is 1. The van der Waals surface area contributed by atoms with Gasteiger partial charge in [0, 0.05) is 53.2 Å². The summed E-state index contributed by atoms with van der Waals surface area (Å²) in [4.78, 5) is 114. The maximum absolute atomic E-state index is 14.4. The van der Waals surface area contributed by atoms with E-state index >= 15 is 0 Å². The van der Waals surface area contributed by atoms with Crippen molar-refractivity contribution in [3.05, 3.63) is 65.5 Å². The van der Waals surface area contributed by atoms with Gasteiger partial charge in [-0.1, -0.05) is 25.1 Å². The Balaban J connectivity index is 1.78. The third-order valence-electron chi connectivity index (χ3n) is 12.4. The number of nitrogens with zero attached hydrogens (tertiary/aromatic N) is 1. The first kappa shape index (κ1) is 46.6. The molecule has 2 aliphatic carbocycles. The Bertz CT molecular complexity index is 2160. The Morgan fingerprint density at radius 3 is 1.98 bits per heavy atom. The molecular formula is C44H51NO18. The molecule has 1 spiro atoms. The van der Waals surface area contributed by atoms with Gasteiger partial charge in [0.15, 0.2) is 30.0 Å². The highest BCUT2D eigenvalue weighted by Crippen LogP contribution is 2.70. The molecule has 1 unspecified atom stereocenters. The molecule has 0 amide bonds. The lowest BCUT2D eigenvalue weighted by atomic mass is 9.45. The minimum atomic E-state index is -2.84. The van der Waals surface area contributed by atoms with Gasteiger partial charge in [-0.3, -0.25) is 33.8 Å². The average molecular weight is 882 g/mol. The maximum atomic E-state index is 14.4. The zero-order valence-electron chi connectivity index (χ0n) is 36.1. The molecular weight excluding hydrogens is 830 g/mol. The molecule has 19 nitrogen and oxygen atoms in total. The Morgan fingerprint density at radius 1 is 0.778 bits per heavy atom. The molecule has 63 heavy (non-hydrogen) atoms. The zero-order valence-corrected chi connectivity index (χ0v) is 36.1. The summed E-state index contributed by atoms with van der Waals surface area (Å²) < 4.78 is 55.5. The number of hydrogen-bond donors (Lipinski definition) is 1. The Labute approximate surface area is 362 Å². The van der Waals surface area contributed by atoms with Crippen molar-refractivity contribution in [1.82, 2.24) is 4.98 Å². The van der Waals surface area contributed by atoms with Gasteiger partial charge in [0.1, 0.15) is 42.0 Å². The molecule has 4 bridgehead atoms. The van der Waals surface area contributed by atoms with E-state index in [-0.39, 0.29) is 24.0 Å². The minimum Gasteiger partial charge on any atom is -0.465 e. The number of fused-ring (bicyclic) bond motifs is 5. The van der Waals surface area contributed by atoms with Crippen LogP contribution in [-0.2, 0) is 71.4 Å². The number of benzene rings is 1. The molecule has 1 aromatic carbocycles. The quantitative estimate of drug-likeness (QED) is 0.281. The van der Waals surface area contributed by atoms with Gasteiger partial charge in [-0.25, -0.2) is 9.59 Å². The molecule has 1 saturated heterocycles. The number of carbonyl (C=O) groups excluding carboxylic acids is 8. The van der Waals surface area contributed by atoms with Gasteiger partial charge in [-0.05, 0) is 51.0 Å². The third-order valence-corrected chi connectivity index (χ3v) is 12.4. The van der Waals surface area contributed by atoms with Gasteiger partial charge in [0.25, 0.3) is 0 Å². The van der Waals surface area contributed by atoms with Crippen molar-refractivity contribution in [3.8, 4) is 0 Å². The normalized spacial score (nSPS) is 34.6. The highest BCUT2D eigenvalue weighted by atomic mass is 16.7. The SMILES string of the molecule is CCC1CCC(=O)O[C@H]2[C@H](OC(C)=O)[C@H](OC(=O)c3ccccc3)[C@@]3(COC(C)=O)[C@H](OC(C)=O)[C@H](OC(C)=O)[C@@H]4[C@@H](OC(C)=O)[C@]3(O[C@@]4(C)COC(=O)c3cccnc31)[C@@]2(C)O. The van der Waals surface area contributed by atoms with E-state index in [2.05, 4.69) is 4.98 Å². The van der Waals surface area contributed by atoms with Crippen LogP contribution < -0.4 is 0 Å². The van der Waals surface area contributed by atoms with E-state index in [1.54, 1.807) is 6.07 Å². The summed E-state index contributed by atoms with van der Waals surface area (Å²) in [6, 6.07) is 10.4. The minimum absolute atomic E-state index is 0.0407. The fourth-order valence-electron chi connectivity index (χ4n) is 10.1. The van der Waals surface area contributed by atoms with E-state index in [1.807, 2.05) is 6.92 Å². The van der Waals surface area contributed by atoms with Crippen LogP contribution >= 0.6 is 0 Å². The number of rotatable bonds is 9. The first-order valence-electron chi connectivity index (χ1n) is 20.5. The highest BCUT2D eigenvalue weighted by Gasteiger charge is 2.92. The summed E-state index contributed by atoms with van der Waals surface area (Å²) >= 11 is 0. The van der Waals surface area contributed by atoms with E-state index in [0.29, 0.717) is 12.1 Å². The van der Waals surface area contributed by atoms with Crippen LogP contribution in [0.25, 0.3) is 0 Å². The van der Waals surface area contributed by atoms with Gasteiger partial charge in [-0.2, -0.15) is 0 Å². The molecule has 0 radical (unpaired) electrons. The molecule has 3 fully saturated rings. The number of pyridine rings is 1. The predicted octanol–water partition coefficient (Wildman–Crippen LogP) is 2.86. The van der Waals surface area contributed by atoms with Crippen LogP contribution in [0.4, 0.5) is 0 Å². The van der Waals surface area contributed by atoms with Gasteiger partial charge < -0.3 is 47.7 Å². The molecule has 2 aromatic rings. The van der Waals surface area contributed by atoms with E-state index in [4.69, 9.17) is 42.6 Å². The second-order valence-corrected chi connectivity index (χ2v) is 16.6. The summed E-state index contributed by atoms with van der Waals surface area (Å²) in [6.07, 6.45) is -10.6. The van der Waals surface area contributed by atoms with Crippen molar-refractivity contribution in [3.63, 3.8) is 0 Å². The first-order chi connectivity index (χ1) is 29.6. The largest absolute Gasteiger partial charge is 0.465 e. The highest BCUT2D eigenvalue weighted by molar-refractivity contribution is 5.91. The fourth-order valence-corrected chi connectivity index (χ4v) is 10.1. The molecule has 1 N–H and O–H groups in total. The van der Waals surface area contributed by atoms with Crippen LogP contribution in [-0.4, -0.2) is 124 Å². The fraction of sp³-hybridized carbons (Fsp3) is 0.568. The van der Waals surface area contributed by atoms with Crippen molar-refractivity contribution >= 4 is 47.8 Å². The van der Waals surface area contributed by atoms with Gasteiger partial charge in [0.05, 0.1) is 22.7 Å². The zero-order chi connectivity index (χ0) is 46.2. The second kappa shape index (κ2) is 17.7. The van der Waals surface area contributed by atoms with Gasteiger partial charge >= 0.3 is 47.8 Å². The summed E-state index contributed by atoms with van der Waals surface area (Å²) in [5, 5.41) is 13.6. The van der Waals surface area contributed by atoms with Crippen molar-refractivity contribution < 1.29 is 86.1 Å². The number of carbonyl (C=O) groups is 8. The van der Waals surface area contributed by atoms with E-state index in [1.165, 1.54) is 49.5 Å². The van der Waals surface area contributed by atoms with Gasteiger partial charge in [0.2, 0.25) is 0 Å². The molecule has 19 heteroatoms. The smallest absolute Gasteiger partial charge is 0.340 e. The monoisotopic (exact) mass is 881 g/mol. The van der Waals surface area contributed by atoms with Crippen molar-refractivity contribution in [2.45, 2.75) is 134 Å². The number of hydrogen-bond acceptors (Lipinski definition) is 19. The van der Waals surface area contributed by atoms with E-state index < -0.39 is 132 Å². The summed E-state index contributed by atoms with van der Waals surface area (Å²) in [5.74, 6) is -10.1. The van der Waals surface area contributed by atoms with Crippen molar-refractivity contribution in [1.29, 1.82) is 0 Å². The molecule has 3 heterocycles. The summed E-state index contributed by atoms with van der Waals surface area (Å²) in [5.41, 5.74) is -10.1. The molecule has 12 atom stereocenters. The lowest BCUT2D eigenvalue weighted by molar-refractivity contribution is -0.385. The van der Waals surface area contributed by atoms with Crippen molar-refractivity contribution in [2.24, 2.45) is 11.3 Å². The van der Waals surface area contributed by atoms with Crippen LogP contribution in [0.2, 0.25) is 0 Å². The Kier molecular flexibility index (Phi) is 13.1. The van der Waals surface area contributed by atoms with Crippen LogP contribution in [0.3, 0.4) is 0 Å². The Morgan fingerprint density at radius 2 is 1.38 bits per heavy atom. The molecule has 340 valence electrons. The number of ether oxygens (including phenoxy) is 9. The summed E-state index contributed by atoms with van der Waals surface area (Å²) in [6.45, 7) is 7.52. The van der Waals surface area contributed by atoms with Gasteiger partial charge in [-0.15, -0.1) is 0 Å². The Hall–Kier alpha value is -5.95.